The Balaban J connectivity index is 1.91. The normalized spacial score (nSPS) is 11.3. The Kier molecular flexibility index (Phi) is 2.65. The van der Waals surface area contributed by atoms with E-state index < -0.39 is 0 Å². The Labute approximate surface area is 124 Å². The van der Waals surface area contributed by atoms with Crippen molar-refractivity contribution in [3.05, 3.63) is 47.9 Å². The Hall–Kier alpha value is -2.47. The summed E-state index contributed by atoms with van der Waals surface area (Å²) in [6, 6.07) is 10.1. The van der Waals surface area contributed by atoms with Crippen molar-refractivity contribution in [2.75, 3.05) is 0 Å². The van der Waals surface area contributed by atoms with Crippen LogP contribution in [0.5, 0.6) is 0 Å². The van der Waals surface area contributed by atoms with Crippen molar-refractivity contribution >= 4 is 16.3 Å². The van der Waals surface area contributed by atoms with E-state index in [-0.39, 0.29) is 0 Å². The predicted molar refractivity (Wildman–Crippen MR) is 81.3 cm³/mol. The molecule has 0 N–H and O–H groups in total. The molecule has 6 heteroatoms. The number of fused-ring (bicyclic) bond motifs is 1. The summed E-state index contributed by atoms with van der Waals surface area (Å²) in [5.41, 5.74) is 3.25. The molecule has 3 aromatic heterocycles. The molecule has 21 heavy (non-hydrogen) atoms. The van der Waals surface area contributed by atoms with E-state index in [0.29, 0.717) is 5.82 Å². The fraction of sp³-hybridized carbons (Fsp3) is 0.133. The fourth-order valence-corrected chi connectivity index (χ4v) is 3.25. The number of rotatable bonds is 2. The minimum atomic E-state index is 0.715. The highest BCUT2D eigenvalue weighted by Gasteiger charge is 2.17. The van der Waals surface area contributed by atoms with E-state index in [4.69, 9.17) is 4.42 Å². The lowest BCUT2D eigenvalue weighted by Gasteiger charge is -1.99. The van der Waals surface area contributed by atoms with Gasteiger partial charge in [0.25, 0.3) is 0 Å². The molecule has 0 atom stereocenters. The van der Waals surface area contributed by atoms with Crippen LogP contribution in [0.15, 0.2) is 41.0 Å². The van der Waals surface area contributed by atoms with Gasteiger partial charge in [0, 0.05) is 5.56 Å². The molecule has 104 valence electrons. The average molecular weight is 296 g/mol. The molecule has 0 aliphatic heterocycles. The monoisotopic (exact) mass is 296 g/mol. The summed E-state index contributed by atoms with van der Waals surface area (Å²) in [7, 11) is 0. The molecule has 0 saturated carbocycles. The van der Waals surface area contributed by atoms with E-state index >= 15 is 0 Å². The minimum absolute atomic E-state index is 0.715. The Bertz CT molecular complexity index is 934. The minimum Gasteiger partial charge on any atom is -0.469 e. The predicted octanol–water partition coefficient (Wildman–Crippen LogP) is 3.73. The molecule has 0 radical (unpaired) electrons. The van der Waals surface area contributed by atoms with Gasteiger partial charge in [-0.05, 0) is 25.5 Å². The molecule has 4 aromatic rings. The van der Waals surface area contributed by atoms with Crippen LogP contribution in [-0.2, 0) is 0 Å². The van der Waals surface area contributed by atoms with Crippen LogP contribution in [-0.4, -0.2) is 19.8 Å². The van der Waals surface area contributed by atoms with Gasteiger partial charge in [-0.2, -0.15) is 9.61 Å². The standard InChI is InChI=1S/C15H12N4OS/c1-9-5-3-4-6-11(9)14-18-19-13(16-17-15(19)21-14)12-7-8-20-10(12)2/h3-8H,1-2H3. The first-order chi connectivity index (χ1) is 10.2. The summed E-state index contributed by atoms with van der Waals surface area (Å²) in [6.07, 6.45) is 1.65. The molecule has 0 aliphatic rings. The largest absolute Gasteiger partial charge is 0.469 e. The Morgan fingerprint density at radius 2 is 1.90 bits per heavy atom. The van der Waals surface area contributed by atoms with E-state index in [0.717, 1.165) is 26.9 Å². The maximum Gasteiger partial charge on any atom is 0.235 e. The van der Waals surface area contributed by atoms with Gasteiger partial charge in [-0.3, -0.25) is 0 Å². The van der Waals surface area contributed by atoms with Crippen molar-refractivity contribution in [2.24, 2.45) is 0 Å². The maximum atomic E-state index is 5.34. The lowest BCUT2D eigenvalue weighted by molar-refractivity contribution is 0.535. The molecule has 0 fully saturated rings. The second kappa shape index (κ2) is 4.53. The molecule has 1 aromatic carbocycles. The molecule has 0 spiro atoms. The first kappa shape index (κ1) is 12.3. The third-order valence-electron chi connectivity index (χ3n) is 3.47. The first-order valence-electron chi connectivity index (χ1n) is 6.57. The molecule has 0 aliphatic carbocycles. The van der Waals surface area contributed by atoms with Gasteiger partial charge in [0.05, 0.1) is 11.8 Å². The quantitative estimate of drug-likeness (QED) is 0.565. The lowest BCUT2D eigenvalue weighted by atomic mass is 10.1. The number of furan rings is 1. The molecule has 0 unspecified atom stereocenters. The summed E-state index contributed by atoms with van der Waals surface area (Å²) in [5.74, 6) is 1.53. The SMILES string of the molecule is Cc1ccccc1-c1nn2c(-c3ccoc3C)nnc2s1. The number of nitrogens with zero attached hydrogens (tertiary/aromatic N) is 4. The van der Waals surface area contributed by atoms with Crippen LogP contribution >= 0.6 is 11.3 Å². The summed E-state index contributed by atoms with van der Waals surface area (Å²) in [4.78, 5) is 0.781. The van der Waals surface area contributed by atoms with Crippen molar-refractivity contribution < 1.29 is 4.42 Å². The van der Waals surface area contributed by atoms with Crippen LogP contribution in [0.2, 0.25) is 0 Å². The number of hydrogen-bond donors (Lipinski definition) is 0. The number of hydrogen-bond acceptors (Lipinski definition) is 5. The van der Waals surface area contributed by atoms with Gasteiger partial charge < -0.3 is 4.42 Å². The summed E-state index contributed by atoms with van der Waals surface area (Å²) in [5, 5.41) is 14.0. The van der Waals surface area contributed by atoms with Crippen molar-refractivity contribution in [3.63, 3.8) is 0 Å². The van der Waals surface area contributed by atoms with E-state index in [1.54, 1.807) is 10.8 Å². The average Bonchev–Trinajstić information content (AvgIpc) is 3.14. The van der Waals surface area contributed by atoms with Crippen LogP contribution in [0.3, 0.4) is 0 Å². The van der Waals surface area contributed by atoms with Crippen molar-refractivity contribution in [2.45, 2.75) is 13.8 Å². The molecular formula is C15H12N4OS. The highest BCUT2D eigenvalue weighted by Crippen LogP contribution is 2.30. The van der Waals surface area contributed by atoms with Gasteiger partial charge in [0.1, 0.15) is 10.8 Å². The molecule has 0 saturated heterocycles. The maximum absolute atomic E-state index is 5.34. The Morgan fingerprint density at radius 3 is 2.67 bits per heavy atom. The third-order valence-corrected chi connectivity index (χ3v) is 4.40. The highest BCUT2D eigenvalue weighted by atomic mass is 32.1. The lowest BCUT2D eigenvalue weighted by Crippen LogP contribution is -1.91. The van der Waals surface area contributed by atoms with Gasteiger partial charge in [-0.15, -0.1) is 10.2 Å². The zero-order valence-electron chi connectivity index (χ0n) is 11.6. The fourth-order valence-electron chi connectivity index (χ4n) is 2.32. The topological polar surface area (TPSA) is 56.2 Å². The van der Waals surface area contributed by atoms with Crippen molar-refractivity contribution in [1.29, 1.82) is 0 Å². The van der Waals surface area contributed by atoms with Crippen LogP contribution in [0.1, 0.15) is 11.3 Å². The van der Waals surface area contributed by atoms with Gasteiger partial charge in [0.15, 0.2) is 5.82 Å². The van der Waals surface area contributed by atoms with Gasteiger partial charge in [0.2, 0.25) is 4.96 Å². The van der Waals surface area contributed by atoms with E-state index in [1.165, 1.54) is 16.9 Å². The van der Waals surface area contributed by atoms with Crippen LogP contribution in [0, 0.1) is 13.8 Å². The first-order valence-corrected chi connectivity index (χ1v) is 7.38. The molecule has 5 nitrogen and oxygen atoms in total. The van der Waals surface area contributed by atoms with Gasteiger partial charge in [-0.25, -0.2) is 0 Å². The highest BCUT2D eigenvalue weighted by molar-refractivity contribution is 7.19. The van der Waals surface area contributed by atoms with E-state index in [2.05, 4.69) is 34.4 Å². The number of benzene rings is 1. The molecule has 3 heterocycles. The van der Waals surface area contributed by atoms with E-state index in [9.17, 15) is 0 Å². The summed E-state index contributed by atoms with van der Waals surface area (Å²) in [6.45, 7) is 3.99. The number of aryl methyl sites for hydroxylation is 2. The van der Waals surface area contributed by atoms with Crippen LogP contribution < -0.4 is 0 Å². The third kappa shape index (κ3) is 1.87. The molecule has 0 bridgehead atoms. The Morgan fingerprint density at radius 1 is 1.05 bits per heavy atom. The van der Waals surface area contributed by atoms with Gasteiger partial charge in [-0.1, -0.05) is 35.6 Å². The molecule has 0 amide bonds. The van der Waals surface area contributed by atoms with Gasteiger partial charge >= 0.3 is 0 Å². The van der Waals surface area contributed by atoms with Crippen molar-refractivity contribution in [3.8, 4) is 22.0 Å². The second-order valence-corrected chi connectivity index (χ2v) is 5.79. The smallest absolute Gasteiger partial charge is 0.235 e. The molecule has 4 rings (SSSR count). The van der Waals surface area contributed by atoms with Crippen LogP contribution in [0.4, 0.5) is 0 Å². The number of aromatic nitrogens is 4. The second-order valence-electron chi connectivity index (χ2n) is 4.83. The zero-order chi connectivity index (χ0) is 14.4. The zero-order valence-corrected chi connectivity index (χ0v) is 12.4. The summed E-state index contributed by atoms with van der Waals surface area (Å²) < 4.78 is 7.12. The molecular weight excluding hydrogens is 284 g/mol. The van der Waals surface area contributed by atoms with E-state index in [1.807, 2.05) is 25.1 Å². The van der Waals surface area contributed by atoms with Crippen molar-refractivity contribution in [1.82, 2.24) is 19.8 Å². The summed E-state index contributed by atoms with van der Waals surface area (Å²) >= 11 is 1.54. The van der Waals surface area contributed by atoms with Crippen LogP contribution in [0.25, 0.3) is 26.9 Å².